The van der Waals surface area contributed by atoms with Crippen molar-refractivity contribution in [2.45, 2.75) is 12.3 Å². The zero-order valence-electron chi connectivity index (χ0n) is 11.7. The average molecular weight is 311 g/mol. The fraction of sp³-hybridized carbons (Fsp3) is 0.176. The van der Waals surface area contributed by atoms with Crippen LogP contribution < -0.4 is 4.90 Å². The second-order valence-electron chi connectivity index (χ2n) is 5.31. The molecule has 1 amide bonds. The number of benzene rings is 1. The zero-order valence-corrected chi connectivity index (χ0v) is 12.5. The van der Waals surface area contributed by atoms with Crippen molar-refractivity contribution in [2.75, 3.05) is 11.5 Å². The molecule has 0 spiro atoms. The summed E-state index contributed by atoms with van der Waals surface area (Å²) in [4.78, 5) is 26.5. The molecule has 1 unspecified atom stereocenters. The first kappa shape index (κ1) is 13.3. The molecular formula is C17H13NO3S. The van der Waals surface area contributed by atoms with E-state index in [2.05, 4.69) is 0 Å². The van der Waals surface area contributed by atoms with Crippen LogP contribution in [0.25, 0.3) is 0 Å². The van der Waals surface area contributed by atoms with Gasteiger partial charge in [0.1, 0.15) is 6.61 Å². The fourth-order valence-corrected chi connectivity index (χ4v) is 3.80. The third-order valence-electron chi connectivity index (χ3n) is 4.08. The molecule has 1 atom stereocenters. The van der Waals surface area contributed by atoms with Gasteiger partial charge in [-0.1, -0.05) is 18.2 Å². The minimum Gasteiger partial charge on any atom is -0.456 e. The number of hydrogen-bond acceptors (Lipinski definition) is 4. The lowest BCUT2D eigenvalue weighted by Gasteiger charge is -2.31. The van der Waals surface area contributed by atoms with E-state index < -0.39 is 0 Å². The first-order valence-corrected chi connectivity index (χ1v) is 8.00. The minimum atomic E-state index is -0.306. The summed E-state index contributed by atoms with van der Waals surface area (Å²) in [6, 6.07) is 11.4. The van der Waals surface area contributed by atoms with E-state index in [1.807, 2.05) is 47.2 Å². The van der Waals surface area contributed by atoms with Gasteiger partial charge in [0.05, 0.1) is 11.3 Å². The largest absolute Gasteiger partial charge is 0.456 e. The molecular weight excluding hydrogens is 298 g/mol. The number of esters is 1. The maximum absolute atomic E-state index is 12.7. The number of thiophene rings is 1. The van der Waals surface area contributed by atoms with Crippen molar-refractivity contribution in [3.05, 3.63) is 64.0 Å². The zero-order chi connectivity index (χ0) is 15.1. The van der Waals surface area contributed by atoms with Gasteiger partial charge in [-0.05, 0) is 34.5 Å². The van der Waals surface area contributed by atoms with Crippen LogP contribution >= 0.6 is 11.3 Å². The van der Waals surface area contributed by atoms with Gasteiger partial charge in [0, 0.05) is 18.0 Å². The van der Waals surface area contributed by atoms with Crippen LogP contribution in [0.1, 0.15) is 17.9 Å². The Kier molecular flexibility index (Phi) is 3.08. The highest BCUT2D eigenvalue weighted by Gasteiger charge is 2.42. The highest BCUT2D eigenvalue weighted by molar-refractivity contribution is 7.08. The summed E-state index contributed by atoms with van der Waals surface area (Å²) in [5.41, 5.74) is 3.10. The molecule has 3 heterocycles. The third kappa shape index (κ3) is 1.97. The Morgan fingerprint density at radius 3 is 2.68 bits per heavy atom. The molecule has 22 heavy (non-hydrogen) atoms. The number of carbonyl (C=O) groups is 2. The molecule has 2 aliphatic heterocycles. The maximum atomic E-state index is 12.7. The van der Waals surface area contributed by atoms with Crippen LogP contribution in [0.4, 0.5) is 5.69 Å². The van der Waals surface area contributed by atoms with E-state index in [0.717, 1.165) is 11.3 Å². The van der Waals surface area contributed by atoms with Gasteiger partial charge < -0.3 is 4.74 Å². The monoisotopic (exact) mass is 311 g/mol. The SMILES string of the molecule is O=C1OCC2=C1C(c1ccsc1)CC(=O)N2c1ccccc1. The van der Waals surface area contributed by atoms with Gasteiger partial charge in [-0.2, -0.15) is 11.3 Å². The molecule has 0 saturated carbocycles. The van der Waals surface area contributed by atoms with Crippen LogP contribution in [0.5, 0.6) is 0 Å². The number of rotatable bonds is 2. The minimum absolute atomic E-state index is 0.000509. The Labute approximate surface area is 131 Å². The number of hydrogen-bond donors (Lipinski definition) is 0. The lowest BCUT2D eigenvalue weighted by Crippen LogP contribution is -2.37. The number of nitrogens with zero attached hydrogens (tertiary/aromatic N) is 1. The van der Waals surface area contributed by atoms with Gasteiger partial charge in [-0.25, -0.2) is 4.79 Å². The maximum Gasteiger partial charge on any atom is 0.336 e. The first-order valence-electron chi connectivity index (χ1n) is 7.06. The van der Waals surface area contributed by atoms with Crippen LogP contribution in [0.2, 0.25) is 0 Å². The van der Waals surface area contributed by atoms with E-state index in [4.69, 9.17) is 4.74 Å². The van der Waals surface area contributed by atoms with Crippen LogP contribution in [0, 0.1) is 0 Å². The van der Waals surface area contributed by atoms with Crippen molar-refractivity contribution in [2.24, 2.45) is 0 Å². The lowest BCUT2D eigenvalue weighted by molar-refractivity contribution is -0.136. The molecule has 2 aromatic rings. The molecule has 2 aliphatic rings. The van der Waals surface area contributed by atoms with Crippen LogP contribution in [0.3, 0.4) is 0 Å². The van der Waals surface area contributed by atoms with Crippen LogP contribution in [-0.2, 0) is 14.3 Å². The van der Waals surface area contributed by atoms with Gasteiger partial charge in [0.15, 0.2) is 0 Å². The predicted molar refractivity (Wildman–Crippen MR) is 83.6 cm³/mol. The number of ether oxygens (including phenoxy) is 1. The predicted octanol–water partition coefficient (Wildman–Crippen LogP) is 3.08. The molecule has 0 saturated heterocycles. The number of amides is 1. The molecule has 0 N–H and O–H groups in total. The Morgan fingerprint density at radius 1 is 1.14 bits per heavy atom. The average Bonchev–Trinajstić information content (AvgIpc) is 3.18. The fourth-order valence-electron chi connectivity index (χ4n) is 3.09. The molecule has 1 aromatic carbocycles. The standard InChI is InChI=1S/C17H13NO3S/c19-15-8-13(11-6-7-22-10-11)16-14(9-21-17(16)20)18(15)12-4-2-1-3-5-12/h1-7,10,13H,8-9H2. The lowest BCUT2D eigenvalue weighted by atomic mass is 9.85. The second-order valence-corrected chi connectivity index (χ2v) is 6.09. The van der Waals surface area contributed by atoms with Gasteiger partial charge in [-0.3, -0.25) is 9.69 Å². The first-order chi connectivity index (χ1) is 10.8. The number of cyclic esters (lactones) is 1. The summed E-state index contributed by atoms with van der Waals surface area (Å²) in [5.74, 6) is -0.497. The van der Waals surface area contributed by atoms with E-state index in [0.29, 0.717) is 17.7 Å². The summed E-state index contributed by atoms with van der Waals surface area (Å²) in [6.07, 6.45) is 0.291. The third-order valence-corrected chi connectivity index (χ3v) is 4.78. The Morgan fingerprint density at radius 2 is 1.95 bits per heavy atom. The Balaban J connectivity index is 1.85. The van der Waals surface area contributed by atoms with Crippen molar-refractivity contribution < 1.29 is 14.3 Å². The number of anilines is 1. The normalized spacial score (nSPS) is 21.1. The highest BCUT2D eigenvalue weighted by atomic mass is 32.1. The molecule has 4 rings (SSSR count). The molecule has 0 radical (unpaired) electrons. The molecule has 1 aromatic heterocycles. The number of para-hydroxylation sites is 1. The summed E-state index contributed by atoms with van der Waals surface area (Å²) >= 11 is 1.57. The molecule has 0 fully saturated rings. The van der Waals surface area contributed by atoms with Crippen molar-refractivity contribution in [1.29, 1.82) is 0 Å². The molecule has 5 heteroatoms. The van der Waals surface area contributed by atoms with E-state index >= 15 is 0 Å². The molecule has 0 bridgehead atoms. The summed E-state index contributed by atoms with van der Waals surface area (Å²) in [6.45, 7) is 0.162. The van der Waals surface area contributed by atoms with Gasteiger partial charge in [0.2, 0.25) is 5.91 Å². The van der Waals surface area contributed by atoms with Gasteiger partial charge in [0.25, 0.3) is 0 Å². The molecule has 110 valence electrons. The van der Waals surface area contributed by atoms with E-state index in [9.17, 15) is 9.59 Å². The van der Waals surface area contributed by atoms with E-state index in [1.165, 1.54) is 0 Å². The number of carbonyl (C=O) groups excluding carboxylic acids is 2. The Hall–Kier alpha value is -2.40. The van der Waals surface area contributed by atoms with Crippen LogP contribution in [0.15, 0.2) is 58.4 Å². The topological polar surface area (TPSA) is 46.6 Å². The van der Waals surface area contributed by atoms with Crippen molar-refractivity contribution >= 4 is 28.9 Å². The van der Waals surface area contributed by atoms with Crippen molar-refractivity contribution in [3.8, 4) is 0 Å². The summed E-state index contributed by atoms with van der Waals surface area (Å²) in [7, 11) is 0. The van der Waals surface area contributed by atoms with Crippen molar-refractivity contribution in [1.82, 2.24) is 0 Å². The molecule has 4 nitrogen and oxygen atoms in total. The summed E-state index contributed by atoms with van der Waals surface area (Å²) < 4.78 is 5.22. The molecule has 0 aliphatic carbocycles. The Bertz CT molecular complexity index is 764. The van der Waals surface area contributed by atoms with Gasteiger partial charge in [-0.15, -0.1) is 0 Å². The highest BCUT2D eigenvalue weighted by Crippen LogP contribution is 2.42. The van der Waals surface area contributed by atoms with Crippen LogP contribution in [-0.4, -0.2) is 18.5 Å². The van der Waals surface area contributed by atoms with Gasteiger partial charge >= 0.3 is 5.97 Å². The summed E-state index contributed by atoms with van der Waals surface area (Å²) in [5, 5.41) is 3.95. The van der Waals surface area contributed by atoms with Crippen molar-refractivity contribution in [3.63, 3.8) is 0 Å². The van der Waals surface area contributed by atoms with E-state index in [1.54, 1.807) is 16.2 Å². The van der Waals surface area contributed by atoms with E-state index in [-0.39, 0.29) is 24.4 Å². The quantitative estimate of drug-likeness (QED) is 0.801. The second kappa shape index (κ2) is 5.10. The smallest absolute Gasteiger partial charge is 0.336 e.